The molecule has 0 heterocycles. The maximum atomic E-state index is 12.0. The number of ether oxygens (including phenoxy) is 2. The second-order valence-corrected chi connectivity index (χ2v) is 5.40. The van der Waals surface area contributed by atoms with Gasteiger partial charge in [0.15, 0.2) is 0 Å². The maximum Gasteiger partial charge on any atom is 0.411 e. The van der Waals surface area contributed by atoms with Crippen LogP contribution in [0.4, 0.5) is 4.79 Å². The molecule has 0 N–H and O–H groups in total. The molecule has 0 bridgehead atoms. The zero-order valence-corrected chi connectivity index (χ0v) is 12.5. The Bertz CT molecular complexity index is 497. The summed E-state index contributed by atoms with van der Waals surface area (Å²) in [6, 6.07) is 8.43. The van der Waals surface area contributed by atoms with E-state index in [0.29, 0.717) is 11.3 Å². The molecule has 1 atom stereocenters. The molecule has 0 fully saturated rings. The molecule has 0 radical (unpaired) electrons. The fourth-order valence-corrected chi connectivity index (χ4v) is 1.61. The summed E-state index contributed by atoms with van der Waals surface area (Å²) in [7, 11) is 3.12. The molecule has 0 saturated heterocycles. The summed E-state index contributed by atoms with van der Waals surface area (Å²) >= 11 is 0. The normalized spacial score (nSPS) is 12.2. The Labute approximate surface area is 119 Å². The first-order valence-electron chi connectivity index (χ1n) is 6.28. The number of nitrogens with zero attached hydrogens (tertiary/aromatic N) is 2. The van der Waals surface area contributed by atoms with E-state index in [4.69, 9.17) is 9.47 Å². The minimum atomic E-state index is -0.698. The number of carbonyl (C=O) groups is 1. The van der Waals surface area contributed by atoms with Gasteiger partial charge in [0.1, 0.15) is 17.4 Å². The predicted molar refractivity (Wildman–Crippen MR) is 75.3 cm³/mol. The van der Waals surface area contributed by atoms with Crippen molar-refractivity contribution < 1.29 is 14.3 Å². The van der Waals surface area contributed by atoms with Crippen LogP contribution in [0.5, 0.6) is 5.75 Å². The summed E-state index contributed by atoms with van der Waals surface area (Å²) < 4.78 is 10.3. The number of hydrogen-bond donors (Lipinski definition) is 0. The molecule has 1 amide bonds. The van der Waals surface area contributed by atoms with E-state index in [1.807, 2.05) is 0 Å². The standard InChI is InChI=1S/C15H20N2O3/c1-15(2,3)20-14(18)17(4)13(10-16)11-6-8-12(19-5)9-7-11/h6-9,13H,1-5H3. The van der Waals surface area contributed by atoms with Crippen molar-refractivity contribution in [1.29, 1.82) is 5.26 Å². The topological polar surface area (TPSA) is 62.6 Å². The van der Waals surface area contributed by atoms with Gasteiger partial charge in [-0.05, 0) is 38.5 Å². The smallest absolute Gasteiger partial charge is 0.411 e. The van der Waals surface area contributed by atoms with E-state index in [0.717, 1.165) is 0 Å². The largest absolute Gasteiger partial charge is 0.497 e. The lowest BCUT2D eigenvalue weighted by atomic mass is 10.1. The van der Waals surface area contributed by atoms with E-state index >= 15 is 0 Å². The van der Waals surface area contributed by atoms with Gasteiger partial charge in [-0.15, -0.1) is 0 Å². The van der Waals surface area contributed by atoms with Gasteiger partial charge >= 0.3 is 6.09 Å². The molecule has 1 aromatic rings. The summed E-state index contributed by atoms with van der Waals surface area (Å²) in [6.07, 6.45) is -0.528. The summed E-state index contributed by atoms with van der Waals surface area (Å²) in [5.41, 5.74) is 0.118. The Morgan fingerprint density at radius 2 is 1.85 bits per heavy atom. The number of benzene rings is 1. The number of methoxy groups -OCH3 is 1. The van der Waals surface area contributed by atoms with E-state index < -0.39 is 17.7 Å². The number of hydrogen-bond acceptors (Lipinski definition) is 4. The highest BCUT2D eigenvalue weighted by molar-refractivity contribution is 5.69. The molecule has 1 rings (SSSR count). The highest BCUT2D eigenvalue weighted by Crippen LogP contribution is 2.23. The molecule has 1 unspecified atom stereocenters. The van der Waals surface area contributed by atoms with Crippen LogP contribution in [0.15, 0.2) is 24.3 Å². The van der Waals surface area contributed by atoms with Crippen LogP contribution in [0.2, 0.25) is 0 Å². The highest BCUT2D eigenvalue weighted by Gasteiger charge is 2.26. The van der Waals surface area contributed by atoms with Gasteiger partial charge in [-0.25, -0.2) is 4.79 Å². The first-order valence-corrected chi connectivity index (χ1v) is 6.28. The molecule has 0 aliphatic heterocycles. The molecule has 0 aromatic heterocycles. The Hall–Kier alpha value is -2.22. The van der Waals surface area contributed by atoms with Crippen molar-refractivity contribution in [3.05, 3.63) is 29.8 Å². The summed E-state index contributed by atoms with van der Waals surface area (Å²) in [6.45, 7) is 5.36. The Morgan fingerprint density at radius 1 is 1.30 bits per heavy atom. The predicted octanol–water partition coefficient (Wildman–Crippen LogP) is 3.13. The van der Waals surface area contributed by atoms with Crippen LogP contribution in [0.25, 0.3) is 0 Å². The van der Waals surface area contributed by atoms with Crippen molar-refractivity contribution in [2.75, 3.05) is 14.2 Å². The maximum absolute atomic E-state index is 12.0. The van der Waals surface area contributed by atoms with Crippen LogP contribution in [-0.4, -0.2) is 30.8 Å². The second kappa shape index (κ2) is 6.29. The Morgan fingerprint density at radius 3 is 2.25 bits per heavy atom. The fourth-order valence-electron chi connectivity index (χ4n) is 1.61. The quantitative estimate of drug-likeness (QED) is 0.851. The first kappa shape index (κ1) is 15.8. The van der Waals surface area contributed by atoms with Gasteiger partial charge in [0.2, 0.25) is 0 Å². The van der Waals surface area contributed by atoms with Gasteiger partial charge in [-0.2, -0.15) is 5.26 Å². The van der Waals surface area contributed by atoms with Crippen molar-refractivity contribution in [3.8, 4) is 11.8 Å². The van der Waals surface area contributed by atoms with E-state index in [9.17, 15) is 10.1 Å². The second-order valence-electron chi connectivity index (χ2n) is 5.40. The molecular formula is C15H20N2O3. The molecule has 0 aliphatic carbocycles. The van der Waals surface area contributed by atoms with Crippen LogP contribution < -0.4 is 4.74 Å². The van der Waals surface area contributed by atoms with E-state index in [1.165, 1.54) is 4.90 Å². The van der Waals surface area contributed by atoms with Gasteiger partial charge in [-0.3, -0.25) is 4.90 Å². The number of nitriles is 1. The lowest BCUT2D eigenvalue weighted by molar-refractivity contribution is 0.0258. The number of amides is 1. The third-order valence-electron chi connectivity index (χ3n) is 2.62. The zero-order valence-electron chi connectivity index (χ0n) is 12.5. The molecule has 5 nitrogen and oxygen atoms in total. The van der Waals surface area contributed by atoms with Gasteiger partial charge in [0.05, 0.1) is 13.2 Å². The summed E-state index contributed by atoms with van der Waals surface area (Å²) in [4.78, 5) is 13.3. The van der Waals surface area contributed by atoms with Crippen molar-refractivity contribution in [1.82, 2.24) is 4.90 Å². The van der Waals surface area contributed by atoms with E-state index in [2.05, 4.69) is 6.07 Å². The molecule has 0 saturated carbocycles. The van der Waals surface area contributed by atoms with Crippen LogP contribution in [0, 0.1) is 11.3 Å². The summed E-state index contributed by atoms with van der Waals surface area (Å²) in [5, 5.41) is 9.29. The summed E-state index contributed by atoms with van der Waals surface area (Å²) in [5.74, 6) is 0.699. The van der Waals surface area contributed by atoms with Gasteiger partial charge in [0.25, 0.3) is 0 Å². The van der Waals surface area contributed by atoms with Crippen molar-refractivity contribution in [3.63, 3.8) is 0 Å². The lowest BCUT2D eigenvalue weighted by Gasteiger charge is -2.27. The number of rotatable bonds is 3. The zero-order chi connectivity index (χ0) is 15.3. The molecule has 1 aromatic carbocycles. The van der Waals surface area contributed by atoms with Gasteiger partial charge in [-0.1, -0.05) is 12.1 Å². The van der Waals surface area contributed by atoms with Crippen LogP contribution in [0.1, 0.15) is 32.4 Å². The minimum Gasteiger partial charge on any atom is -0.497 e. The highest BCUT2D eigenvalue weighted by atomic mass is 16.6. The lowest BCUT2D eigenvalue weighted by Crippen LogP contribution is -2.36. The van der Waals surface area contributed by atoms with E-state index in [1.54, 1.807) is 59.2 Å². The molecule has 108 valence electrons. The third kappa shape index (κ3) is 4.16. The number of carbonyl (C=O) groups excluding carboxylic acids is 1. The first-order chi connectivity index (χ1) is 9.28. The monoisotopic (exact) mass is 276 g/mol. The minimum absolute atomic E-state index is 0.528. The van der Waals surface area contributed by atoms with Crippen LogP contribution in [-0.2, 0) is 4.74 Å². The molecule has 0 spiro atoms. The average molecular weight is 276 g/mol. The average Bonchev–Trinajstić information content (AvgIpc) is 2.38. The fraction of sp³-hybridized carbons (Fsp3) is 0.467. The Kier molecular flexibility index (Phi) is 4.98. The van der Waals surface area contributed by atoms with Crippen LogP contribution in [0.3, 0.4) is 0 Å². The molecule has 0 aliphatic rings. The van der Waals surface area contributed by atoms with Gasteiger partial charge in [0, 0.05) is 7.05 Å². The SMILES string of the molecule is COc1ccc(C(C#N)N(C)C(=O)OC(C)(C)C)cc1. The third-order valence-corrected chi connectivity index (χ3v) is 2.62. The van der Waals surface area contributed by atoms with Crippen molar-refractivity contribution in [2.45, 2.75) is 32.4 Å². The molecule has 20 heavy (non-hydrogen) atoms. The molecular weight excluding hydrogens is 256 g/mol. The molecule has 5 heteroatoms. The van der Waals surface area contributed by atoms with Crippen molar-refractivity contribution >= 4 is 6.09 Å². The van der Waals surface area contributed by atoms with Crippen LogP contribution >= 0.6 is 0 Å². The van der Waals surface area contributed by atoms with Gasteiger partial charge < -0.3 is 9.47 Å². The Balaban J connectivity index is 2.89. The van der Waals surface area contributed by atoms with E-state index in [-0.39, 0.29) is 0 Å². The van der Waals surface area contributed by atoms with Crippen molar-refractivity contribution in [2.24, 2.45) is 0 Å².